The van der Waals surface area contributed by atoms with Crippen LogP contribution in [0.2, 0.25) is 0 Å². The van der Waals surface area contributed by atoms with Crippen LogP contribution in [0.3, 0.4) is 0 Å². The number of rotatable bonds is 4. The Labute approximate surface area is 167 Å². The number of hydrogen-bond acceptors (Lipinski definition) is 6. The number of nitrogens with zero attached hydrogens (tertiary/aromatic N) is 2. The van der Waals surface area contributed by atoms with E-state index in [1.807, 2.05) is 0 Å². The molecule has 154 valence electrons. The topological polar surface area (TPSA) is 111 Å². The van der Waals surface area contributed by atoms with Crippen molar-refractivity contribution in [2.75, 3.05) is 12.3 Å². The van der Waals surface area contributed by atoms with E-state index in [9.17, 15) is 28.0 Å². The van der Waals surface area contributed by atoms with Crippen molar-refractivity contribution in [3.05, 3.63) is 69.7 Å². The Morgan fingerprint density at radius 3 is 2.60 bits per heavy atom. The van der Waals surface area contributed by atoms with Crippen LogP contribution in [0.25, 0.3) is 17.0 Å². The minimum Gasteiger partial charge on any atom is -0.464 e. The molecule has 2 heterocycles. The monoisotopic (exact) mass is 417 g/mol. The van der Waals surface area contributed by atoms with Gasteiger partial charge in [0, 0.05) is 0 Å². The van der Waals surface area contributed by atoms with E-state index in [0.29, 0.717) is 10.6 Å². The van der Waals surface area contributed by atoms with Gasteiger partial charge < -0.3 is 14.9 Å². The molecular weight excluding hydrogens is 403 g/mol. The molecule has 0 aliphatic heterocycles. The van der Waals surface area contributed by atoms with Crippen LogP contribution in [0.4, 0.5) is 19.0 Å². The predicted molar refractivity (Wildman–Crippen MR) is 99.8 cm³/mol. The fraction of sp³-hybridized carbons (Fsp3) is 0.150. The number of furan rings is 1. The van der Waals surface area contributed by atoms with E-state index in [-0.39, 0.29) is 29.2 Å². The molecule has 7 nitrogen and oxygen atoms in total. The third kappa shape index (κ3) is 3.53. The summed E-state index contributed by atoms with van der Waals surface area (Å²) in [6.45, 7) is 1.50. The van der Waals surface area contributed by atoms with Crippen molar-refractivity contribution in [3.8, 4) is 23.1 Å². The smallest absolute Gasteiger partial charge is 0.416 e. The first kappa shape index (κ1) is 20.7. The molecule has 2 aromatic heterocycles. The van der Waals surface area contributed by atoms with Crippen LogP contribution in [0.5, 0.6) is 0 Å². The molecule has 0 aliphatic rings. The standard InChI is InChI=1S/C20H14F3N3O4/c1-2-29-19(28)16-15(14-7-4-8-30-14)13(10-24)18(27)26(17(16)25)12-6-3-5-11(9-12)20(21,22)23/h3-9H,2,25H2,1H3. The zero-order valence-corrected chi connectivity index (χ0v) is 15.5. The lowest BCUT2D eigenvalue weighted by molar-refractivity contribution is -0.137. The summed E-state index contributed by atoms with van der Waals surface area (Å²) in [5, 5.41) is 9.60. The van der Waals surface area contributed by atoms with Crippen LogP contribution in [0.1, 0.15) is 28.4 Å². The highest BCUT2D eigenvalue weighted by Gasteiger charge is 2.32. The SMILES string of the molecule is CCOC(=O)c1c(-c2ccco2)c(C#N)c(=O)n(-c2cccc(C(F)(F)F)c2)c1N. The number of halogens is 3. The Hall–Kier alpha value is -4.00. The van der Waals surface area contributed by atoms with Crippen LogP contribution < -0.4 is 11.3 Å². The molecule has 0 radical (unpaired) electrons. The van der Waals surface area contributed by atoms with Gasteiger partial charge in [-0.3, -0.25) is 9.36 Å². The molecule has 1 aromatic carbocycles. The molecule has 0 amide bonds. The Kier molecular flexibility index (Phi) is 5.38. The van der Waals surface area contributed by atoms with E-state index in [4.69, 9.17) is 14.9 Å². The number of nitriles is 1. The number of carbonyl (C=O) groups is 1. The highest BCUT2D eigenvalue weighted by molar-refractivity contribution is 6.02. The molecule has 0 atom stereocenters. The van der Waals surface area contributed by atoms with Crippen molar-refractivity contribution in [1.82, 2.24) is 4.57 Å². The maximum atomic E-state index is 13.1. The highest BCUT2D eigenvalue weighted by Crippen LogP contribution is 2.34. The van der Waals surface area contributed by atoms with Gasteiger partial charge in [-0.1, -0.05) is 6.07 Å². The summed E-state index contributed by atoms with van der Waals surface area (Å²) in [6, 6.07) is 8.38. The first-order valence-corrected chi connectivity index (χ1v) is 8.57. The normalized spacial score (nSPS) is 11.2. The van der Waals surface area contributed by atoms with Gasteiger partial charge in [-0.25, -0.2) is 4.79 Å². The Morgan fingerprint density at radius 2 is 2.03 bits per heavy atom. The minimum atomic E-state index is -4.68. The van der Waals surface area contributed by atoms with Gasteiger partial charge in [0.05, 0.1) is 29.7 Å². The molecule has 0 saturated heterocycles. The van der Waals surface area contributed by atoms with E-state index in [1.54, 1.807) is 6.07 Å². The van der Waals surface area contributed by atoms with Crippen molar-refractivity contribution in [3.63, 3.8) is 0 Å². The molecule has 2 N–H and O–H groups in total. The number of nitrogen functional groups attached to an aromatic ring is 1. The molecule has 30 heavy (non-hydrogen) atoms. The van der Waals surface area contributed by atoms with Gasteiger partial charge in [-0.05, 0) is 37.3 Å². The second-order valence-electron chi connectivity index (χ2n) is 6.01. The number of benzene rings is 1. The highest BCUT2D eigenvalue weighted by atomic mass is 19.4. The number of esters is 1. The van der Waals surface area contributed by atoms with Gasteiger partial charge in [0.25, 0.3) is 5.56 Å². The second-order valence-corrected chi connectivity index (χ2v) is 6.01. The number of aromatic nitrogens is 1. The van der Waals surface area contributed by atoms with Gasteiger partial charge >= 0.3 is 12.1 Å². The van der Waals surface area contributed by atoms with Gasteiger partial charge in [0.2, 0.25) is 0 Å². The van der Waals surface area contributed by atoms with Crippen LogP contribution >= 0.6 is 0 Å². The lowest BCUT2D eigenvalue weighted by atomic mass is 10.00. The Balaban J connectivity index is 2.43. The predicted octanol–water partition coefficient (Wildman–Crippen LogP) is 3.75. The van der Waals surface area contributed by atoms with Crippen molar-refractivity contribution in [2.24, 2.45) is 0 Å². The van der Waals surface area contributed by atoms with E-state index >= 15 is 0 Å². The van der Waals surface area contributed by atoms with E-state index < -0.39 is 34.6 Å². The van der Waals surface area contributed by atoms with Gasteiger partial charge in [-0.15, -0.1) is 0 Å². The molecule has 10 heteroatoms. The summed E-state index contributed by atoms with van der Waals surface area (Å²) in [5.41, 5.74) is 2.69. The average molecular weight is 417 g/mol. The third-order valence-corrected chi connectivity index (χ3v) is 4.20. The summed E-state index contributed by atoms with van der Waals surface area (Å²) in [7, 11) is 0. The number of ether oxygens (including phenoxy) is 1. The largest absolute Gasteiger partial charge is 0.464 e. The number of carbonyl (C=O) groups excluding carboxylic acids is 1. The van der Waals surface area contributed by atoms with Crippen molar-refractivity contribution < 1.29 is 27.1 Å². The fourth-order valence-electron chi connectivity index (χ4n) is 2.95. The first-order chi connectivity index (χ1) is 14.2. The average Bonchev–Trinajstić information content (AvgIpc) is 3.22. The summed E-state index contributed by atoms with van der Waals surface area (Å²) in [6.07, 6.45) is -3.41. The third-order valence-electron chi connectivity index (χ3n) is 4.20. The number of anilines is 1. The molecule has 0 saturated carbocycles. The molecule has 0 fully saturated rings. The van der Waals surface area contributed by atoms with Gasteiger partial charge in [0.1, 0.15) is 28.8 Å². The fourth-order valence-corrected chi connectivity index (χ4v) is 2.95. The number of alkyl halides is 3. The lowest BCUT2D eigenvalue weighted by Gasteiger charge is -2.18. The molecule has 3 rings (SSSR count). The number of nitrogens with two attached hydrogens (primary N) is 1. The lowest BCUT2D eigenvalue weighted by Crippen LogP contribution is -2.28. The maximum absolute atomic E-state index is 13.1. The van der Waals surface area contributed by atoms with Gasteiger partial charge in [0.15, 0.2) is 0 Å². The molecular formula is C20H14F3N3O4. The van der Waals surface area contributed by atoms with Crippen LogP contribution in [0, 0.1) is 11.3 Å². The number of hydrogen-bond donors (Lipinski definition) is 1. The summed E-state index contributed by atoms with van der Waals surface area (Å²) in [4.78, 5) is 25.6. The van der Waals surface area contributed by atoms with Crippen LogP contribution in [0.15, 0.2) is 51.9 Å². The molecule has 0 unspecified atom stereocenters. The molecule has 3 aromatic rings. The summed E-state index contributed by atoms with van der Waals surface area (Å²) >= 11 is 0. The van der Waals surface area contributed by atoms with E-state index in [2.05, 4.69) is 0 Å². The zero-order valence-electron chi connectivity index (χ0n) is 15.5. The Morgan fingerprint density at radius 1 is 1.30 bits per heavy atom. The zero-order chi connectivity index (χ0) is 22.1. The van der Waals surface area contributed by atoms with Crippen LogP contribution in [-0.2, 0) is 10.9 Å². The maximum Gasteiger partial charge on any atom is 0.416 e. The Bertz CT molecular complexity index is 1210. The van der Waals surface area contributed by atoms with Crippen molar-refractivity contribution in [2.45, 2.75) is 13.1 Å². The quantitative estimate of drug-likeness (QED) is 0.648. The van der Waals surface area contributed by atoms with Crippen molar-refractivity contribution in [1.29, 1.82) is 5.26 Å². The van der Waals surface area contributed by atoms with Crippen LogP contribution in [-0.4, -0.2) is 17.1 Å². The first-order valence-electron chi connectivity index (χ1n) is 8.57. The molecule has 0 bridgehead atoms. The molecule has 0 aliphatic carbocycles. The van der Waals surface area contributed by atoms with E-state index in [0.717, 1.165) is 12.1 Å². The molecule has 0 spiro atoms. The second kappa shape index (κ2) is 7.79. The van der Waals surface area contributed by atoms with Crippen molar-refractivity contribution >= 4 is 11.8 Å². The number of pyridine rings is 1. The minimum absolute atomic E-state index is 0.00888. The summed E-state index contributed by atoms with van der Waals surface area (Å²) < 4.78 is 50.3. The van der Waals surface area contributed by atoms with E-state index in [1.165, 1.54) is 31.4 Å². The summed E-state index contributed by atoms with van der Waals surface area (Å²) in [5.74, 6) is -1.43. The van der Waals surface area contributed by atoms with Gasteiger partial charge in [-0.2, -0.15) is 18.4 Å².